The summed E-state index contributed by atoms with van der Waals surface area (Å²) >= 11 is 1.45. The summed E-state index contributed by atoms with van der Waals surface area (Å²) in [7, 11) is 0. The van der Waals surface area contributed by atoms with Crippen LogP contribution in [0.2, 0.25) is 3.23 Å². The molecular weight excluding hydrogens is 161 g/mol. The molecule has 0 N–H and O–H groups in total. The summed E-state index contributed by atoms with van der Waals surface area (Å²) in [5, 5.41) is 0. The molecule has 0 nitrogen and oxygen atoms in total. The topological polar surface area (TPSA) is 0 Å². The van der Waals surface area contributed by atoms with Crippen molar-refractivity contribution in [3.63, 3.8) is 0 Å². The first-order valence-electron chi connectivity index (χ1n) is 3.01. The van der Waals surface area contributed by atoms with Crippen LogP contribution in [-0.2, 0) is 31.0 Å². The van der Waals surface area contributed by atoms with Crippen LogP contribution in [0.1, 0.15) is 26.7 Å². The van der Waals surface area contributed by atoms with Crippen molar-refractivity contribution in [3.8, 4) is 0 Å². The molecule has 1 atom stereocenters. The van der Waals surface area contributed by atoms with E-state index in [1.54, 1.807) is 0 Å². The van der Waals surface area contributed by atoms with Crippen molar-refractivity contribution in [1.82, 2.24) is 0 Å². The van der Waals surface area contributed by atoms with Gasteiger partial charge in [0.05, 0.1) is 0 Å². The van der Waals surface area contributed by atoms with Gasteiger partial charge >= 0.3 is 66.8 Å². The summed E-state index contributed by atoms with van der Waals surface area (Å²) in [4.78, 5) is 0. The Kier molecular flexibility index (Phi) is 6.07. The molecule has 0 rings (SSSR count). The molecule has 0 saturated heterocycles. The average molecular weight is 174 g/mol. The van der Waals surface area contributed by atoms with Gasteiger partial charge in [-0.1, -0.05) is 0 Å². The summed E-state index contributed by atoms with van der Waals surface area (Å²) in [6.07, 6.45) is 2.82. The molecule has 1 heteroatoms. The Balaban J connectivity index is 2.83. The molecule has 0 aromatic carbocycles. The Hall–Kier alpha value is 1.10. The van der Waals surface area contributed by atoms with Gasteiger partial charge in [0, 0.05) is 0 Å². The van der Waals surface area contributed by atoms with Gasteiger partial charge < -0.3 is 0 Å². The Morgan fingerprint density at radius 2 is 2.14 bits per heavy atom. The van der Waals surface area contributed by atoms with Gasteiger partial charge in [-0.3, -0.25) is 0 Å². The van der Waals surface area contributed by atoms with Crippen molar-refractivity contribution in [2.45, 2.75) is 29.9 Å². The van der Waals surface area contributed by atoms with Gasteiger partial charge in [-0.2, -0.15) is 0 Å². The van der Waals surface area contributed by atoms with E-state index in [0.29, 0.717) is 0 Å². The average Bonchev–Trinajstić information content (AvgIpc) is 1.68. The molecule has 0 aromatic heterocycles. The van der Waals surface area contributed by atoms with E-state index in [1.165, 1.54) is 47.0 Å². The molecule has 0 spiro atoms. The second-order valence-electron chi connectivity index (χ2n) is 2.09. The predicted molar refractivity (Wildman–Crippen MR) is 28.9 cm³/mol. The van der Waals surface area contributed by atoms with E-state index in [4.69, 9.17) is 0 Å². The van der Waals surface area contributed by atoms with Gasteiger partial charge in [-0.25, -0.2) is 0 Å². The zero-order valence-corrected chi connectivity index (χ0v) is 8.11. The Morgan fingerprint density at radius 3 is 2.29 bits per heavy atom. The normalized spacial score (nSPS) is 13.9. The van der Waals surface area contributed by atoms with E-state index in [-0.39, 0.29) is 0 Å². The fraction of sp³-hybridized carbons (Fsp3) is 1.00. The molecule has 1 unspecified atom stereocenters. The second-order valence-corrected chi connectivity index (χ2v) is 3.51. The molecule has 0 radical (unpaired) electrons. The second kappa shape index (κ2) is 5.24. The summed E-state index contributed by atoms with van der Waals surface area (Å²) in [5.74, 6) is 0.982. The summed E-state index contributed by atoms with van der Waals surface area (Å²) in [6.45, 7) is 4.59. The molecule has 0 aliphatic heterocycles. The van der Waals surface area contributed by atoms with Crippen molar-refractivity contribution in [2.75, 3.05) is 0 Å². The third-order valence-corrected chi connectivity index (χ3v) is 2.18. The monoisotopic (exact) mass is 174 g/mol. The zero-order valence-electron chi connectivity index (χ0n) is 5.28. The van der Waals surface area contributed by atoms with Crippen molar-refractivity contribution in [2.24, 2.45) is 5.92 Å². The zero-order chi connectivity index (χ0) is 5.70. The molecule has 7 heavy (non-hydrogen) atoms. The molecular formula is C6H13Y. The molecule has 0 aliphatic carbocycles. The number of hydrogen-bond acceptors (Lipinski definition) is 0. The Labute approximate surface area is 66.5 Å². The van der Waals surface area contributed by atoms with Gasteiger partial charge in [0.1, 0.15) is 0 Å². The van der Waals surface area contributed by atoms with Crippen LogP contribution in [0.3, 0.4) is 0 Å². The maximum atomic E-state index is 2.33. The Morgan fingerprint density at radius 1 is 1.57 bits per heavy atom. The maximum absolute atomic E-state index is 2.33. The van der Waals surface area contributed by atoms with Gasteiger partial charge in [0.25, 0.3) is 0 Å². The minimum absolute atomic E-state index is 0.982. The standard InChI is InChI=1S/C6H13.Y/c1-4-6(3)5-2;/h6H,1,4-5H2,2-3H3;. The summed E-state index contributed by atoms with van der Waals surface area (Å²) in [6, 6.07) is 0. The molecule has 40 valence electrons. The van der Waals surface area contributed by atoms with Crippen LogP contribution in [0.4, 0.5) is 0 Å². The van der Waals surface area contributed by atoms with Crippen LogP contribution in [0.25, 0.3) is 0 Å². The van der Waals surface area contributed by atoms with Crippen LogP contribution in [0, 0.1) is 5.92 Å². The van der Waals surface area contributed by atoms with Crippen molar-refractivity contribution in [1.29, 1.82) is 0 Å². The van der Waals surface area contributed by atoms with Gasteiger partial charge in [-0.05, 0) is 0 Å². The van der Waals surface area contributed by atoms with Crippen LogP contribution < -0.4 is 0 Å². The first-order chi connectivity index (χ1) is 3.31. The SMILES string of the molecule is CCC(C)C[CH2][Y]. The van der Waals surface area contributed by atoms with Crippen molar-refractivity contribution < 1.29 is 31.0 Å². The van der Waals surface area contributed by atoms with Gasteiger partial charge in [-0.15, -0.1) is 0 Å². The first kappa shape index (κ1) is 8.10. The fourth-order valence-corrected chi connectivity index (χ4v) is 1.89. The fourth-order valence-electron chi connectivity index (χ4n) is 0.489. The minimum atomic E-state index is 0.982. The molecule has 0 saturated carbocycles. The Bertz CT molecular complexity index is 35.2. The molecule has 0 aliphatic rings. The van der Waals surface area contributed by atoms with Crippen molar-refractivity contribution >= 4 is 0 Å². The summed E-state index contributed by atoms with van der Waals surface area (Å²) in [5.41, 5.74) is 0. The van der Waals surface area contributed by atoms with Crippen LogP contribution >= 0.6 is 0 Å². The molecule has 0 aromatic rings. The quantitative estimate of drug-likeness (QED) is 0.616. The van der Waals surface area contributed by atoms with E-state index < -0.39 is 0 Å². The molecule has 0 bridgehead atoms. The molecule has 0 heterocycles. The van der Waals surface area contributed by atoms with E-state index in [0.717, 1.165) is 5.92 Å². The van der Waals surface area contributed by atoms with E-state index in [1.807, 2.05) is 0 Å². The van der Waals surface area contributed by atoms with Crippen molar-refractivity contribution in [3.05, 3.63) is 0 Å². The van der Waals surface area contributed by atoms with E-state index in [9.17, 15) is 0 Å². The van der Waals surface area contributed by atoms with Gasteiger partial charge in [0.2, 0.25) is 0 Å². The van der Waals surface area contributed by atoms with E-state index in [2.05, 4.69) is 13.8 Å². The van der Waals surface area contributed by atoms with Crippen LogP contribution in [-0.4, -0.2) is 0 Å². The number of rotatable bonds is 3. The van der Waals surface area contributed by atoms with E-state index >= 15 is 0 Å². The third-order valence-electron chi connectivity index (χ3n) is 1.36. The number of hydrogen-bond donors (Lipinski definition) is 0. The van der Waals surface area contributed by atoms with Crippen LogP contribution in [0.5, 0.6) is 0 Å². The van der Waals surface area contributed by atoms with Crippen LogP contribution in [0.15, 0.2) is 0 Å². The molecule has 0 amide bonds. The van der Waals surface area contributed by atoms with Gasteiger partial charge in [0.15, 0.2) is 0 Å². The third kappa shape index (κ3) is 4.97. The molecule has 0 fully saturated rings. The summed E-state index contributed by atoms with van der Waals surface area (Å²) < 4.78 is 1.47. The first-order valence-corrected chi connectivity index (χ1v) is 5.02. The predicted octanol–water partition coefficient (Wildman–Crippen LogP) is 2.39.